The molecular weight excluding hydrogens is 384 g/mol. The molecule has 3 aromatic rings. The van der Waals surface area contributed by atoms with Gasteiger partial charge in [0, 0.05) is 24.7 Å². The van der Waals surface area contributed by atoms with Crippen molar-refractivity contribution in [3.05, 3.63) is 71.8 Å². The zero-order valence-corrected chi connectivity index (χ0v) is 17.5. The normalized spacial score (nSPS) is 17.3. The molecule has 1 amide bonds. The Bertz CT molecular complexity index is 1200. The molecule has 4 rings (SSSR count). The monoisotopic (exact) mass is 408 g/mol. The van der Waals surface area contributed by atoms with Crippen molar-refractivity contribution in [3.8, 4) is 0 Å². The first-order valence-corrected chi connectivity index (χ1v) is 11.2. The highest BCUT2D eigenvalue weighted by Crippen LogP contribution is 2.34. The van der Waals surface area contributed by atoms with Gasteiger partial charge in [0.2, 0.25) is 15.9 Å². The van der Waals surface area contributed by atoms with Gasteiger partial charge < -0.3 is 4.90 Å². The number of benzene rings is 3. The first-order chi connectivity index (χ1) is 13.8. The standard InChI is InChI=1S/C23H24N2O3S/c1-15-13-19-14-20(11-12-23(19)25(15)17(3)26)29(27,28)24-16(2)21-10-6-8-18-7-4-5-9-22(18)21/h4-12,14-16,24H,13H2,1-3H3. The summed E-state index contributed by atoms with van der Waals surface area (Å²) in [5, 5.41) is 2.11. The summed E-state index contributed by atoms with van der Waals surface area (Å²) in [6.45, 7) is 5.35. The van der Waals surface area contributed by atoms with Gasteiger partial charge in [0.15, 0.2) is 0 Å². The van der Waals surface area contributed by atoms with Crippen LogP contribution in [0.3, 0.4) is 0 Å². The molecular formula is C23H24N2O3S. The van der Waals surface area contributed by atoms with Crippen LogP contribution in [0, 0.1) is 0 Å². The number of nitrogens with one attached hydrogen (secondary N) is 1. The van der Waals surface area contributed by atoms with Crippen molar-refractivity contribution < 1.29 is 13.2 Å². The Morgan fingerprint density at radius 1 is 1.10 bits per heavy atom. The fraction of sp³-hybridized carbons (Fsp3) is 0.261. The van der Waals surface area contributed by atoms with Crippen LogP contribution in [0.5, 0.6) is 0 Å². The number of sulfonamides is 1. The summed E-state index contributed by atoms with van der Waals surface area (Å²) in [6.07, 6.45) is 0.650. The molecule has 0 aromatic heterocycles. The zero-order chi connectivity index (χ0) is 20.8. The summed E-state index contributed by atoms with van der Waals surface area (Å²) < 4.78 is 28.9. The number of anilines is 1. The second kappa shape index (κ2) is 7.28. The minimum absolute atomic E-state index is 0.0306. The summed E-state index contributed by atoms with van der Waals surface area (Å²) in [7, 11) is -3.71. The van der Waals surface area contributed by atoms with Gasteiger partial charge in [-0.1, -0.05) is 42.5 Å². The van der Waals surface area contributed by atoms with Crippen molar-refractivity contribution in [2.24, 2.45) is 0 Å². The molecule has 0 spiro atoms. The smallest absolute Gasteiger partial charge is 0.241 e. The number of amides is 1. The average Bonchev–Trinajstić information content (AvgIpc) is 3.02. The van der Waals surface area contributed by atoms with Crippen molar-refractivity contribution in [3.63, 3.8) is 0 Å². The maximum Gasteiger partial charge on any atom is 0.241 e. The Labute approximate surface area is 171 Å². The Balaban J connectivity index is 1.64. The molecule has 2 unspecified atom stereocenters. The first kappa shape index (κ1) is 19.6. The second-order valence-electron chi connectivity index (χ2n) is 7.64. The first-order valence-electron chi connectivity index (χ1n) is 9.70. The van der Waals surface area contributed by atoms with E-state index in [1.807, 2.05) is 56.3 Å². The van der Waals surface area contributed by atoms with Gasteiger partial charge >= 0.3 is 0 Å². The number of rotatable bonds is 4. The molecule has 0 bridgehead atoms. The van der Waals surface area contributed by atoms with Crippen LogP contribution in [0.2, 0.25) is 0 Å². The Morgan fingerprint density at radius 2 is 1.83 bits per heavy atom. The second-order valence-corrected chi connectivity index (χ2v) is 9.36. The van der Waals surface area contributed by atoms with E-state index in [0.29, 0.717) is 6.42 Å². The van der Waals surface area contributed by atoms with Crippen molar-refractivity contribution in [2.45, 2.75) is 44.2 Å². The lowest BCUT2D eigenvalue weighted by molar-refractivity contribution is -0.116. The molecule has 3 aromatic carbocycles. The van der Waals surface area contributed by atoms with E-state index in [0.717, 1.165) is 27.6 Å². The largest absolute Gasteiger partial charge is 0.309 e. The van der Waals surface area contributed by atoms with Crippen molar-refractivity contribution in [1.82, 2.24) is 4.72 Å². The lowest BCUT2D eigenvalue weighted by Crippen LogP contribution is -2.33. The molecule has 5 nitrogen and oxygen atoms in total. The van der Waals surface area contributed by atoms with Gasteiger partial charge in [-0.15, -0.1) is 0 Å². The maximum absolute atomic E-state index is 13.1. The van der Waals surface area contributed by atoms with Crippen LogP contribution in [-0.2, 0) is 21.2 Å². The van der Waals surface area contributed by atoms with Gasteiger partial charge in [-0.25, -0.2) is 13.1 Å². The molecule has 1 aliphatic rings. The minimum atomic E-state index is -3.71. The average molecular weight is 409 g/mol. The van der Waals surface area contributed by atoms with E-state index in [9.17, 15) is 13.2 Å². The molecule has 0 radical (unpaired) electrons. The molecule has 150 valence electrons. The third kappa shape index (κ3) is 3.54. The lowest BCUT2D eigenvalue weighted by atomic mass is 10.0. The molecule has 0 saturated heterocycles. The van der Waals surface area contributed by atoms with Crippen molar-refractivity contribution in [1.29, 1.82) is 0 Å². The van der Waals surface area contributed by atoms with Gasteiger partial charge in [-0.05, 0) is 60.4 Å². The van der Waals surface area contributed by atoms with E-state index in [2.05, 4.69) is 4.72 Å². The fourth-order valence-corrected chi connectivity index (χ4v) is 5.52. The third-order valence-electron chi connectivity index (χ3n) is 5.54. The highest BCUT2D eigenvalue weighted by Gasteiger charge is 2.30. The highest BCUT2D eigenvalue weighted by atomic mass is 32.2. The molecule has 1 N–H and O–H groups in total. The molecule has 1 aliphatic heterocycles. The third-order valence-corrected chi connectivity index (χ3v) is 7.08. The molecule has 0 saturated carbocycles. The van der Waals surface area contributed by atoms with Gasteiger partial charge in [-0.2, -0.15) is 0 Å². The van der Waals surface area contributed by atoms with Gasteiger partial charge in [-0.3, -0.25) is 4.79 Å². The zero-order valence-electron chi connectivity index (χ0n) is 16.7. The van der Waals surface area contributed by atoms with E-state index >= 15 is 0 Å². The molecule has 2 atom stereocenters. The van der Waals surface area contributed by atoms with Gasteiger partial charge in [0.05, 0.1) is 4.90 Å². The molecule has 1 heterocycles. The maximum atomic E-state index is 13.1. The number of fused-ring (bicyclic) bond motifs is 2. The van der Waals surface area contributed by atoms with Crippen LogP contribution < -0.4 is 9.62 Å². The molecule has 6 heteroatoms. The number of carbonyl (C=O) groups excluding carboxylic acids is 1. The SMILES string of the molecule is CC(=O)N1c2ccc(S(=O)(=O)NC(C)c3cccc4ccccc34)cc2CC1C. The number of hydrogen-bond acceptors (Lipinski definition) is 3. The Morgan fingerprint density at radius 3 is 2.59 bits per heavy atom. The predicted molar refractivity (Wildman–Crippen MR) is 115 cm³/mol. The molecule has 29 heavy (non-hydrogen) atoms. The summed E-state index contributed by atoms with van der Waals surface area (Å²) >= 11 is 0. The fourth-order valence-electron chi connectivity index (χ4n) is 4.25. The van der Waals surface area contributed by atoms with E-state index in [1.165, 1.54) is 6.92 Å². The lowest BCUT2D eigenvalue weighted by Gasteiger charge is -2.21. The summed E-state index contributed by atoms with van der Waals surface area (Å²) in [6, 6.07) is 18.5. The van der Waals surface area contributed by atoms with Crippen molar-refractivity contribution >= 4 is 32.4 Å². The quantitative estimate of drug-likeness (QED) is 0.704. The van der Waals surface area contributed by atoms with Crippen LogP contribution in [0.1, 0.15) is 37.9 Å². The van der Waals surface area contributed by atoms with E-state index in [4.69, 9.17) is 0 Å². The summed E-state index contributed by atoms with van der Waals surface area (Å²) in [4.78, 5) is 13.8. The highest BCUT2D eigenvalue weighted by molar-refractivity contribution is 7.89. The molecule has 0 fully saturated rings. The topological polar surface area (TPSA) is 66.5 Å². The van der Waals surface area contributed by atoms with Crippen LogP contribution in [-0.4, -0.2) is 20.4 Å². The van der Waals surface area contributed by atoms with Gasteiger partial charge in [0.1, 0.15) is 0 Å². The predicted octanol–water partition coefficient (Wildman–Crippen LogP) is 4.18. The minimum Gasteiger partial charge on any atom is -0.309 e. The van der Waals surface area contributed by atoms with Crippen LogP contribution >= 0.6 is 0 Å². The van der Waals surface area contributed by atoms with Gasteiger partial charge in [0.25, 0.3) is 0 Å². The van der Waals surface area contributed by atoms with E-state index in [-0.39, 0.29) is 22.9 Å². The van der Waals surface area contributed by atoms with Crippen LogP contribution in [0.4, 0.5) is 5.69 Å². The summed E-state index contributed by atoms with van der Waals surface area (Å²) in [5.74, 6) is -0.0328. The van der Waals surface area contributed by atoms with Crippen molar-refractivity contribution in [2.75, 3.05) is 4.90 Å². The Hall–Kier alpha value is -2.70. The van der Waals surface area contributed by atoms with E-state index < -0.39 is 10.0 Å². The van der Waals surface area contributed by atoms with E-state index in [1.54, 1.807) is 23.1 Å². The number of nitrogens with zero attached hydrogens (tertiary/aromatic N) is 1. The number of hydrogen-bond donors (Lipinski definition) is 1. The Kier molecular flexibility index (Phi) is 4.92. The summed E-state index contributed by atoms with van der Waals surface area (Å²) in [5.41, 5.74) is 2.61. The van der Waals surface area contributed by atoms with Crippen LogP contribution in [0.15, 0.2) is 65.6 Å². The number of carbonyl (C=O) groups is 1. The molecule has 0 aliphatic carbocycles. The van der Waals surface area contributed by atoms with Crippen LogP contribution in [0.25, 0.3) is 10.8 Å².